The van der Waals surface area contributed by atoms with E-state index in [1.807, 2.05) is 37.3 Å². The van der Waals surface area contributed by atoms with E-state index in [1.165, 1.54) is 16.7 Å². The summed E-state index contributed by atoms with van der Waals surface area (Å²) in [5.74, 6) is -1.13. The Hall–Kier alpha value is -2.45. The largest absolute Gasteiger partial charge is 0.465 e. The molecule has 0 N–H and O–H groups in total. The minimum absolute atomic E-state index is 0.0598. The Kier molecular flexibility index (Phi) is 8.06. The van der Waals surface area contributed by atoms with Crippen molar-refractivity contribution in [1.29, 1.82) is 0 Å². The standard InChI is InChI=1S/C24H36N2O5Si/c1-9-30-21(28)16-26-20(19-13-11-10-12-14-19)15-25(18(3)27)22(23(26)29)17(2)31-32(7,8)24(4,5)6/h10-15,17,22H,9,16H2,1-8H3. The first kappa shape index (κ1) is 25.8. The van der Waals surface area contributed by atoms with Crippen molar-refractivity contribution in [2.24, 2.45) is 0 Å². The summed E-state index contributed by atoms with van der Waals surface area (Å²) in [5.41, 5.74) is 1.21. The Morgan fingerprint density at radius 2 is 1.75 bits per heavy atom. The Bertz CT molecular complexity index is 876. The van der Waals surface area contributed by atoms with Crippen molar-refractivity contribution in [3.63, 3.8) is 0 Å². The number of esters is 1. The monoisotopic (exact) mass is 460 g/mol. The van der Waals surface area contributed by atoms with E-state index in [-0.39, 0.29) is 30.0 Å². The van der Waals surface area contributed by atoms with Crippen LogP contribution in [0.4, 0.5) is 0 Å². The lowest BCUT2D eigenvalue weighted by Gasteiger charge is -2.45. The fraction of sp³-hybridized carbons (Fsp3) is 0.542. The van der Waals surface area contributed by atoms with Gasteiger partial charge >= 0.3 is 5.97 Å². The van der Waals surface area contributed by atoms with Crippen LogP contribution in [0.25, 0.3) is 5.70 Å². The average Bonchev–Trinajstić information content (AvgIpc) is 2.68. The third kappa shape index (κ3) is 5.66. The molecule has 1 aliphatic heterocycles. The number of hydrogen-bond acceptors (Lipinski definition) is 5. The van der Waals surface area contributed by atoms with Crippen LogP contribution in [0.5, 0.6) is 0 Å². The van der Waals surface area contributed by atoms with Crippen molar-refractivity contribution < 1.29 is 23.5 Å². The zero-order valence-electron chi connectivity index (χ0n) is 20.5. The molecule has 0 saturated carbocycles. The van der Waals surface area contributed by atoms with Gasteiger partial charge in [0.05, 0.1) is 18.4 Å². The number of rotatable bonds is 7. The van der Waals surface area contributed by atoms with Gasteiger partial charge in [-0.15, -0.1) is 0 Å². The molecule has 2 rings (SSSR count). The van der Waals surface area contributed by atoms with Crippen LogP contribution in [-0.4, -0.2) is 61.2 Å². The van der Waals surface area contributed by atoms with E-state index in [4.69, 9.17) is 9.16 Å². The Morgan fingerprint density at radius 3 is 2.25 bits per heavy atom. The van der Waals surface area contributed by atoms with Gasteiger partial charge in [-0.1, -0.05) is 51.1 Å². The van der Waals surface area contributed by atoms with E-state index in [9.17, 15) is 14.4 Å². The van der Waals surface area contributed by atoms with Gasteiger partial charge in [-0.05, 0) is 37.5 Å². The summed E-state index contributed by atoms with van der Waals surface area (Å²) in [6.45, 7) is 15.5. The minimum atomic E-state index is -2.21. The SMILES string of the molecule is CCOC(=O)CN1C(=O)C(C(C)O[Si](C)(C)C(C)(C)C)N(C(C)=O)C=C1c1ccccc1. The number of hydrogen-bond donors (Lipinski definition) is 0. The van der Waals surface area contributed by atoms with E-state index >= 15 is 0 Å². The van der Waals surface area contributed by atoms with Crippen LogP contribution >= 0.6 is 0 Å². The van der Waals surface area contributed by atoms with Crippen LogP contribution in [0.1, 0.15) is 47.1 Å². The van der Waals surface area contributed by atoms with Gasteiger partial charge in [-0.25, -0.2) is 0 Å². The third-order valence-corrected chi connectivity index (χ3v) is 10.7. The first-order valence-electron chi connectivity index (χ1n) is 11.0. The molecule has 2 unspecified atom stereocenters. The molecule has 1 heterocycles. The number of carbonyl (C=O) groups is 3. The van der Waals surface area contributed by atoms with Crippen LogP contribution in [-0.2, 0) is 23.5 Å². The third-order valence-electron chi connectivity index (χ3n) is 6.13. The van der Waals surface area contributed by atoms with Gasteiger partial charge in [0.2, 0.25) is 5.91 Å². The summed E-state index contributed by atoms with van der Waals surface area (Å²) in [6, 6.07) is 8.36. The molecule has 8 heteroatoms. The number of ether oxygens (including phenoxy) is 1. The van der Waals surface area contributed by atoms with Crippen LogP contribution in [0, 0.1) is 0 Å². The second-order valence-corrected chi connectivity index (χ2v) is 14.3. The molecule has 0 aromatic heterocycles. The Balaban J connectivity index is 2.53. The minimum Gasteiger partial charge on any atom is -0.465 e. The fourth-order valence-corrected chi connectivity index (χ4v) is 4.85. The van der Waals surface area contributed by atoms with Gasteiger partial charge < -0.3 is 14.1 Å². The predicted molar refractivity (Wildman–Crippen MR) is 127 cm³/mol. The van der Waals surface area contributed by atoms with Crippen molar-refractivity contribution >= 4 is 31.8 Å². The quantitative estimate of drug-likeness (QED) is 0.454. The summed E-state index contributed by atoms with van der Waals surface area (Å²) in [5, 5.41) is -0.0598. The molecule has 2 amide bonds. The molecule has 32 heavy (non-hydrogen) atoms. The first-order valence-corrected chi connectivity index (χ1v) is 13.9. The van der Waals surface area contributed by atoms with Crippen LogP contribution in [0.15, 0.2) is 36.5 Å². The molecule has 0 radical (unpaired) electrons. The summed E-state index contributed by atoms with van der Waals surface area (Å²) in [6.07, 6.45) is 1.10. The van der Waals surface area contributed by atoms with Gasteiger partial charge in [0, 0.05) is 13.1 Å². The lowest BCUT2D eigenvalue weighted by atomic mass is 10.0. The van der Waals surface area contributed by atoms with Gasteiger partial charge in [0.25, 0.3) is 5.91 Å². The van der Waals surface area contributed by atoms with Gasteiger partial charge in [-0.2, -0.15) is 0 Å². The van der Waals surface area contributed by atoms with Crippen molar-refractivity contribution in [2.75, 3.05) is 13.2 Å². The molecule has 176 valence electrons. The smallest absolute Gasteiger partial charge is 0.326 e. The van der Waals surface area contributed by atoms with Gasteiger partial charge in [0.15, 0.2) is 8.32 Å². The van der Waals surface area contributed by atoms with Crippen LogP contribution in [0.2, 0.25) is 18.1 Å². The highest BCUT2D eigenvalue weighted by molar-refractivity contribution is 6.74. The molecule has 0 aliphatic carbocycles. The molecule has 0 spiro atoms. The molecular weight excluding hydrogens is 424 g/mol. The van der Waals surface area contributed by atoms with E-state index < -0.39 is 26.4 Å². The summed E-state index contributed by atoms with van der Waals surface area (Å²) < 4.78 is 11.6. The topological polar surface area (TPSA) is 76.2 Å². The van der Waals surface area contributed by atoms with Crippen molar-refractivity contribution in [2.45, 2.75) is 71.8 Å². The molecule has 0 fully saturated rings. The zero-order valence-corrected chi connectivity index (χ0v) is 21.5. The zero-order chi connectivity index (χ0) is 24.3. The second-order valence-electron chi connectivity index (χ2n) is 9.56. The molecule has 1 aromatic rings. The number of nitrogens with zero attached hydrogens (tertiary/aromatic N) is 2. The predicted octanol–water partition coefficient (Wildman–Crippen LogP) is 4.02. The Labute approximate surface area is 192 Å². The molecule has 2 atom stereocenters. The van der Waals surface area contributed by atoms with Crippen LogP contribution < -0.4 is 0 Å². The van der Waals surface area contributed by atoms with E-state index in [1.54, 1.807) is 13.1 Å². The molecular formula is C24H36N2O5Si. The van der Waals surface area contributed by atoms with E-state index in [2.05, 4.69) is 33.9 Å². The summed E-state index contributed by atoms with van der Waals surface area (Å²) in [4.78, 5) is 41.5. The van der Waals surface area contributed by atoms with Gasteiger partial charge in [0.1, 0.15) is 12.6 Å². The van der Waals surface area contributed by atoms with Crippen molar-refractivity contribution in [1.82, 2.24) is 9.80 Å². The normalized spacial score (nSPS) is 18.3. The maximum absolute atomic E-state index is 13.8. The molecule has 0 saturated heterocycles. The highest BCUT2D eigenvalue weighted by Gasteiger charge is 2.46. The van der Waals surface area contributed by atoms with E-state index in [0.29, 0.717) is 5.70 Å². The highest BCUT2D eigenvalue weighted by Crippen LogP contribution is 2.39. The maximum Gasteiger partial charge on any atom is 0.326 e. The van der Waals surface area contributed by atoms with Gasteiger partial charge in [-0.3, -0.25) is 19.3 Å². The summed E-state index contributed by atoms with van der Waals surface area (Å²) in [7, 11) is -2.21. The average molecular weight is 461 g/mol. The molecule has 0 bridgehead atoms. The van der Waals surface area contributed by atoms with E-state index in [0.717, 1.165) is 5.56 Å². The first-order chi connectivity index (χ1) is 14.8. The second kappa shape index (κ2) is 10.00. The lowest BCUT2D eigenvalue weighted by molar-refractivity contribution is -0.151. The van der Waals surface area contributed by atoms with Crippen LogP contribution in [0.3, 0.4) is 0 Å². The maximum atomic E-state index is 13.8. The molecule has 7 nitrogen and oxygen atoms in total. The number of amides is 2. The number of benzene rings is 1. The molecule has 1 aliphatic rings. The summed E-state index contributed by atoms with van der Waals surface area (Å²) >= 11 is 0. The highest BCUT2D eigenvalue weighted by atomic mass is 28.4. The fourth-order valence-electron chi connectivity index (χ4n) is 3.44. The lowest BCUT2D eigenvalue weighted by Crippen LogP contribution is -2.59. The van der Waals surface area contributed by atoms with Crippen molar-refractivity contribution in [3.05, 3.63) is 42.1 Å². The Morgan fingerprint density at radius 1 is 1.16 bits per heavy atom. The van der Waals surface area contributed by atoms with Crippen molar-refractivity contribution in [3.8, 4) is 0 Å². The molecule has 1 aromatic carbocycles. The number of carbonyl (C=O) groups excluding carboxylic acids is 3.